The molecule has 1 aromatic rings. The molecular weight excluding hydrogens is 260 g/mol. The first kappa shape index (κ1) is 12.9. The van der Waals surface area contributed by atoms with Crippen molar-refractivity contribution in [2.24, 2.45) is 0 Å². The Balaban J connectivity index is 1.98. The Hall–Kier alpha value is -2.51. The van der Waals surface area contributed by atoms with Gasteiger partial charge in [-0.1, -0.05) is 0 Å². The summed E-state index contributed by atoms with van der Waals surface area (Å²) in [6, 6.07) is 1.00. The van der Waals surface area contributed by atoms with Gasteiger partial charge in [-0.2, -0.15) is 0 Å². The lowest BCUT2D eigenvalue weighted by Crippen LogP contribution is -2.33. The van der Waals surface area contributed by atoms with Crippen LogP contribution in [0.5, 0.6) is 0 Å². The number of urea groups is 1. The molecule has 3 N–H and O–H groups in total. The maximum Gasteiger partial charge on any atom is 0.322 e. The number of carbonyl (C=O) groups is 3. The lowest BCUT2D eigenvalue weighted by atomic mass is 10.2. The van der Waals surface area contributed by atoms with Crippen LogP contribution in [0.25, 0.3) is 0 Å². The predicted molar refractivity (Wildman–Crippen MR) is 60.1 cm³/mol. The predicted octanol–water partition coefficient (Wildman–Crippen LogP) is 0.501. The molecule has 1 heterocycles. The standard InChI is InChI=1S/C11H9F2N3O3/c12-5-1-2-7(6(13)3-5)14-9(17)4-8-10(18)16-11(19)15-8/h1-3,8H,4H2,(H,14,17)(H2,15,16,18,19). The zero-order chi connectivity index (χ0) is 14.0. The highest BCUT2D eigenvalue weighted by molar-refractivity contribution is 6.06. The van der Waals surface area contributed by atoms with Crippen LogP contribution in [0.1, 0.15) is 6.42 Å². The SMILES string of the molecule is O=C(CC1NC(=O)NC1=O)Nc1ccc(F)cc1F. The molecule has 1 aliphatic rings. The monoisotopic (exact) mass is 269 g/mol. The third-order valence-electron chi connectivity index (χ3n) is 2.45. The summed E-state index contributed by atoms with van der Waals surface area (Å²) in [4.78, 5) is 33.6. The second kappa shape index (κ2) is 5.01. The van der Waals surface area contributed by atoms with Crippen molar-refractivity contribution in [2.45, 2.75) is 12.5 Å². The van der Waals surface area contributed by atoms with Gasteiger partial charge in [0.2, 0.25) is 5.91 Å². The molecule has 1 aromatic carbocycles. The first-order chi connectivity index (χ1) is 8.95. The molecule has 0 saturated carbocycles. The molecule has 4 amide bonds. The second-order valence-corrected chi connectivity index (χ2v) is 3.89. The van der Waals surface area contributed by atoms with E-state index >= 15 is 0 Å². The van der Waals surface area contributed by atoms with E-state index < -0.39 is 35.5 Å². The van der Waals surface area contributed by atoms with Crippen molar-refractivity contribution < 1.29 is 23.2 Å². The molecule has 1 saturated heterocycles. The van der Waals surface area contributed by atoms with E-state index in [1.807, 2.05) is 5.32 Å². The summed E-state index contributed by atoms with van der Waals surface area (Å²) < 4.78 is 25.9. The van der Waals surface area contributed by atoms with Crippen LogP contribution < -0.4 is 16.0 Å². The zero-order valence-electron chi connectivity index (χ0n) is 9.50. The van der Waals surface area contributed by atoms with E-state index in [4.69, 9.17) is 0 Å². The minimum Gasteiger partial charge on any atom is -0.325 e. The van der Waals surface area contributed by atoms with E-state index in [9.17, 15) is 23.2 Å². The number of hydrogen-bond acceptors (Lipinski definition) is 3. The van der Waals surface area contributed by atoms with Gasteiger partial charge in [0.05, 0.1) is 12.1 Å². The number of rotatable bonds is 3. The Morgan fingerprint density at radius 2 is 2.05 bits per heavy atom. The van der Waals surface area contributed by atoms with Crippen LogP contribution in [-0.4, -0.2) is 23.9 Å². The highest BCUT2D eigenvalue weighted by Crippen LogP contribution is 2.15. The highest BCUT2D eigenvalue weighted by Gasteiger charge is 2.31. The van der Waals surface area contributed by atoms with Gasteiger partial charge in [-0.3, -0.25) is 14.9 Å². The Morgan fingerprint density at radius 3 is 2.63 bits per heavy atom. The summed E-state index contributed by atoms with van der Waals surface area (Å²) in [6.45, 7) is 0. The lowest BCUT2D eigenvalue weighted by molar-refractivity contribution is -0.124. The molecule has 8 heteroatoms. The summed E-state index contributed by atoms with van der Waals surface area (Å²) in [6.07, 6.45) is -0.339. The molecule has 1 unspecified atom stereocenters. The van der Waals surface area contributed by atoms with Crippen molar-refractivity contribution in [3.8, 4) is 0 Å². The van der Waals surface area contributed by atoms with Gasteiger partial charge in [0.1, 0.15) is 17.7 Å². The minimum absolute atomic E-state index is 0.198. The van der Waals surface area contributed by atoms with Gasteiger partial charge in [-0.25, -0.2) is 13.6 Å². The fourth-order valence-corrected chi connectivity index (χ4v) is 1.58. The molecule has 0 aromatic heterocycles. The third kappa shape index (κ3) is 3.03. The number of halogens is 2. The summed E-state index contributed by atoms with van der Waals surface area (Å²) in [5.74, 6) is -2.99. The number of anilines is 1. The zero-order valence-corrected chi connectivity index (χ0v) is 9.50. The van der Waals surface area contributed by atoms with Crippen molar-refractivity contribution in [2.75, 3.05) is 5.32 Å². The van der Waals surface area contributed by atoms with Gasteiger partial charge in [0, 0.05) is 6.07 Å². The van der Waals surface area contributed by atoms with Crippen molar-refractivity contribution in [3.05, 3.63) is 29.8 Å². The maximum atomic E-state index is 13.3. The van der Waals surface area contributed by atoms with Crippen LogP contribution in [-0.2, 0) is 9.59 Å². The lowest BCUT2D eigenvalue weighted by Gasteiger charge is -2.09. The normalized spacial score (nSPS) is 17.9. The largest absolute Gasteiger partial charge is 0.325 e. The molecule has 0 bridgehead atoms. The number of hydrogen-bond donors (Lipinski definition) is 3. The molecule has 0 aliphatic carbocycles. The Labute approximate surface area is 106 Å². The fourth-order valence-electron chi connectivity index (χ4n) is 1.58. The number of amides is 4. The number of carbonyl (C=O) groups excluding carboxylic acids is 3. The number of benzene rings is 1. The minimum atomic E-state index is -0.990. The van der Waals surface area contributed by atoms with Crippen molar-refractivity contribution in [1.82, 2.24) is 10.6 Å². The Bertz CT molecular complexity index is 562. The molecule has 19 heavy (non-hydrogen) atoms. The molecule has 6 nitrogen and oxygen atoms in total. The van der Waals surface area contributed by atoms with Crippen LogP contribution >= 0.6 is 0 Å². The summed E-state index contributed by atoms with van der Waals surface area (Å²) in [5.41, 5.74) is -0.198. The molecule has 1 fully saturated rings. The molecule has 100 valence electrons. The number of nitrogens with one attached hydrogen (secondary N) is 3. The van der Waals surface area contributed by atoms with Crippen molar-refractivity contribution in [1.29, 1.82) is 0 Å². The van der Waals surface area contributed by atoms with Gasteiger partial charge in [-0.05, 0) is 12.1 Å². The van der Waals surface area contributed by atoms with E-state index in [1.54, 1.807) is 0 Å². The molecule has 1 aliphatic heterocycles. The van der Waals surface area contributed by atoms with E-state index in [0.29, 0.717) is 6.07 Å². The van der Waals surface area contributed by atoms with Crippen molar-refractivity contribution in [3.63, 3.8) is 0 Å². The molecule has 0 spiro atoms. The Kier molecular flexibility index (Phi) is 3.41. The summed E-state index contributed by atoms with van der Waals surface area (Å²) in [5, 5.41) is 6.38. The maximum absolute atomic E-state index is 13.3. The topological polar surface area (TPSA) is 87.3 Å². The average molecular weight is 269 g/mol. The van der Waals surface area contributed by atoms with E-state index in [2.05, 4.69) is 10.6 Å². The third-order valence-corrected chi connectivity index (χ3v) is 2.45. The van der Waals surface area contributed by atoms with Gasteiger partial charge >= 0.3 is 6.03 Å². The van der Waals surface area contributed by atoms with Crippen molar-refractivity contribution >= 4 is 23.5 Å². The number of imide groups is 1. The van der Waals surface area contributed by atoms with Crippen LogP contribution in [0.3, 0.4) is 0 Å². The van der Waals surface area contributed by atoms with E-state index in [1.165, 1.54) is 0 Å². The summed E-state index contributed by atoms with van der Waals surface area (Å²) in [7, 11) is 0. The molecule has 0 radical (unpaired) electrons. The van der Waals surface area contributed by atoms with Gasteiger partial charge in [0.15, 0.2) is 0 Å². The van der Waals surface area contributed by atoms with Gasteiger partial charge < -0.3 is 10.6 Å². The molecule has 2 rings (SSSR count). The van der Waals surface area contributed by atoms with Crippen LogP contribution in [0.4, 0.5) is 19.3 Å². The average Bonchev–Trinajstić information content (AvgIpc) is 2.61. The summed E-state index contributed by atoms with van der Waals surface area (Å²) >= 11 is 0. The second-order valence-electron chi connectivity index (χ2n) is 3.89. The van der Waals surface area contributed by atoms with Gasteiger partial charge in [0.25, 0.3) is 5.91 Å². The Morgan fingerprint density at radius 1 is 1.32 bits per heavy atom. The van der Waals surface area contributed by atoms with E-state index in [-0.39, 0.29) is 12.1 Å². The molecule has 1 atom stereocenters. The van der Waals surface area contributed by atoms with Crippen LogP contribution in [0.15, 0.2) is 18.2 Å². The smallest absolute Gasteiger partial charge is 0.322 e. The highest BCUT2D eigenvalue weighted by atomic mass is 19.1. The first-order valence-electron chi connectivity index (χ1n) is 5.32. The van der Waals surface area contributed by atoms with Crippen LogP contribution in [0, 0.1) is 11.6 Å². The molecular formula is C11H9F2N3O3. The van der Waals surface area contributed by atoms with Crippen LogP contribution in [0.2, 0.25) is 0 Å². The quantitative estimate of drug-likeness (QED) is 0.698. The van der Waals surface area contributed by atoms with E-state index in [0.717, 1.165) is 12.1 Å². The fraction of sp³-hybridized carbons (Fsp3) is 0.182. The van der Waals surface area contributed by atoms with Gasteiger partial charge in [-0.15, -0.1) is 0 Å². The first-order valence-corrected chi connectivity index (χ1v) is 5.32.